The number of nitrogens with zero attached hydrogens (tertiary/aromatic N) is 2. The molecule has 2 fully saturated rings. The topological polar surface area (TPSA) is 153 Å². The highest BCUT2D eigenvalue weighted by Crippen LogP contribution is 2.48. The number of H-pyrrole nitrogens is 2. The Balaban J connectivity index is 1.73. The summed E-state index contributed by atoms with van der Waals surface area (Å²) in [5.74, 6) is 0. The predicted octanol–water partition coefficient (Wildman–Crippen LogP) is -2.32. The van der Waals surface area contributed by atoms with Gasteiger partial charge in [-0.3, -0.25) is 19.3 Å². The highest BCUT2D eigenvalue weighted by Gasteiger charge is 2.52. The minimum Gasteiger partial charge on any atom is -0.756 e. The van der Waals surface area contributed by atoms with Gasteiger partial charge in [0, 0.05) is 0 Å². The van der Waals surface area contributed by atoms with Crippen molar-refractivity contribution in [2.75, 3.05) is 6.61 Å². The van der Waals surface area contributed by atoms with Crippen LogP contribution in [-0.2, 0) is 18.3 Å². The smallest absolute Gasteiger partial charge is 0.311 e. The van der Waals surface area contributed by atoms with Crippen molar-refractivity contribution >= 4 is 19.0 Å². The lowest BCUT2D eigenvalue weighted by Gasteiger charge is -2.34. The van der Waals surface area contributed by atoms with E-state index in [0.717, 1.165) is 0 Å². The van der Waals surface area contributed by atoms with Crippen LogP contribution in [0.5, 0.6) is 0 Å². The molecule has 5 atom stereocenters. The molecule has 11 nitrogen and oxygen atoms in total. The fourth-order valence-electron chi connectivity index (χ4n) is 2.66. The summed E-state index contributed by atoms with van der Waals surface area (Å²) in [6.07, 6.45) is -1.40. The molecule has 0 saturated carbocycles. The molecule has 22 heavy (non-hydrogen) atoms. The van der Waals surface area contributed by atoms with Gasteiger partial charge in [0.05, 0.1) is 6.61 Å². The van der Waals surface area contributed by atoms with E-state index in [0.29, 0.717) is 0 Å². The van der Waals surface area contributed by atoms with Gasteiger partial charge >= 0.3 is 5.65 Å². The lowest BCUT2D eigenvalue weighted by Crippen LogP contribution is -2.46. The number of aromatic nitrogens is 4. The van der Waals surface area contributed by atoms with Crippen molar-refractivity contribution in [2.24, 2.45) is 0 Å². The molecule has 4 heterocycles. The lowest BCUT2D eigenvalue weighted by molar-refractivity contribution is -0.745. The second kappa shape index (κ2) is 4.69. The fourth-order valence-corrected chi connectivity index (χ4v) is 3.61. The number of nitrogens with one attached hydrogen (secondary N) is 2. The van der Waals surface area contributed by atoms with Crippen LogP contribution in [0.3, 0.4) is 0 Å². The lowest BCUT2D eigenvalue weighted by atomic mass is 10.1. The molecule has 0 amide bonds. The number of aromatic amines is 2. The maximum Gasteiger partial charge on any atom is 0.311 e. The summed E-state index contributed by atoms with van der Waals surface area (Å²) in [4.78, 5) is 32.2. The van der Waals surface area contributed by atoms with Crippen molar-refractivity contribution in [1.82, 2.24) is 15.0 Å². The van der Waals surface area contributed by atoms with Crippen molar-refractivity contribution in [3.63, 3.8) is 0 Å². The predicted molar refractivity (Wildman–Crippen MR) is 65.3 cm³/mol. The van der Waals surface area contributed by atoms with Crippen LogP contribution in [-0.4, -0.2) is 45.0 Å². The van der Waals surface area contributed by atoms with Crippen molar-refractivity contribution in [2.45, 2.75) is 24.5 Å². The summed E-state index contributed by atoms with van der Waals surface area (Å²) in [7, 11) is -4.43. The van der Waals surface area contributed by atoms with Crippen molar-refractivity contribution in [3.05, 3.63) is 23.0 Å². The van der Waals surface area contributed by atoms with Crippen LogP contribution >= 0.6 is 7.82 Å². The first-order valence-electron chi connectivity index (χ1n) is 6.40. The molecule has 2 aliphatic rings. The molecular formula is C10H11N4O7P. The van der Waals surface area contributed by atoms with E-state index in [1.165, 1.54) is 17.2 Å². The summed E-state index contributed by atoms with van der Waals surface area (Å²) in [5, 5.41) is 10.3. The Morgan fingerprint density at radius 1 is 1.50 bits per heavy atom. The van der Waals surface area contributed by atoms with Crippen LogP contribution in [0, 0.1) is 0 Å². The summed E-state index contributed by atoms with van der Waals surface area (Å²) in [6, 6.07) is 0. The standard InChI is InChI=1S/C10H11N4O7P/c15-6-7-4(1-19-22(17,18)21-7)20-10(6)14-3-13-5-8(14)11-2-12-9(5)16/h2-4,6-7,10,15H,1H2,(H2,11,12,16,17,18). The molecule has 0 spiro atoms. The van der Waals surface area contributed by atoms with Gasteiger partial charge in [0.25, 0.3) is 13.4 Å². The molecule has 2 aromatic heterocycles. The highest BCUT2D eigenvalue weighted by molar-refractivity contribution is 7.45. The minimum atomic E-state index is -4.43. The first-order valence-corrected chi connectivity index (χ1v) is 7.86. The molecule has 2 aliphatic heterocycles. The molecular weight excluding hydrogens is 319 g/mol. The molecule has 118 valence electrons. The highest BCUT2D eigenvalue weighted by atomic mass is 31.2. The number of phosphoric ester groups is 1. The number of hydrogen-bond acceptors (Lipinski definition) is 8. The van der Waals surface area contributed by atoms with E-state index in [4.69, 9.17) is 9.26 Å². The second-order valence-electron chi connectivity index (χ2n) is 4.98. The van der Waals surface area contributed by atoms with E-state index in [1.807, 2.05) is 0 Å². The molecule has 0 aromatic carbocycles. The largest absolute Gasteiger partial charge is 0.756 e. The van der Waals surface area contributed by atoms with Crippen LogP contribution in [0.15, 0.2) is 17.4 Å². The van der Waals surface area contributed by atoms with Crippen LogP contribution in [0.25, 0.3) is 11.2 Å². The monoisotopic (exact) mass is 330 g/mol. The number of imidazole rings is 1. The Bertz CT molecular complexity index is 834. The normalized spacial score (nSPS) is 38.3. The Labute approximate surface area is 122 Å². The number of fused-ring (bicyclic) bond motifs is 2. The summed E-state index contributed by atoms with van der Waals surface area (Å²) in [6.45, 7) is -0.240. The fraction of sp³-hybridized carbons (Fsp3) is 0.500. The minimum absolute atomic E-state index is 0.208. The van der Waals surface area contributed by atoms with E-state index in [2.05, 4.69) is 19.5 Å². The van der Waals surface area contributed by atoms with E-state index in [1.54, 1.807) is 0 Å². The first kappa shape index (κ1) is 14.0. The zero-order valence-electron chi connectivity index (χ0n) is 10.9. The van der Waals surface area contributed by atoms with Gasteiger partial charge in [-0.15, -0.1) is 0 Å². The molecule has 3 N–H and O–H groups in total. The summed E-state index contributed by atoms with van der Waals surface area (Å²) >= 11 is 0. The Morgan fingerprint density at radius 3 is 3.14 bits per heavy atom. The number of aliphatic hydroxyl groups is 1. The quantitative estimate of drug-likeness (QED) is 0.389. The maximum atomic E-state index is 11.7. The summed E-state index contributed by atoms with van der Waals surface area (Å²) in [5.41, 5.74) is 0.0924. The number of aliphatic hydroxyl groups excluding tert-OH is 1. The average Bonchev–Trinajstić information content (AvgIpc) is 3.01. The number of ether oxygens (including phenoxy) is 1. The van der Waals surface area contributed by atoms with Gasteiger partial charge in [0.1, 0.15) is 18.3 Å². The molecule has 0 bridgehead atoms. The van der Waals surface area contributed by atoms with Crippen molar-refractivity contribution in [3.8, 4) is 0 Å². The van der Waals surface area contributed by atoms with Gasteiger partial charge in [-0.2, -0.15) is 0 Å². The van der Waals surface area contributed by atoms with Crippen LogP contribution in [0.4, 0.5) is 0 Å². The second-order valence-corrected chi connectivity index (χ2v) is 6.34. The average molecular weight is 330 g/mol. The molecule has 4 rings (SSSR count). The van der Waals surface area contributed by atoms with Gasteiger partial charge in [-0.25, -0.2) is 4.57 Å². The van der Waals surface area contributed by atoms with Gasteiger partial charge in [0.2, 0.25) is 11.7 Å². The van der Waals surface area contributed by atoms with Crippen LogP contribution < -0.4 is 15.0 Å². The molecule has 0 aliphatic carbocycles. The van der Waals surface area contributed by atoms with Gasteiger partial charge in [-0.1, -0.05) is 4.98 Å². The number of rotatable bonds is 1. The van der Waals surface area contributed by atoms with Crippen LogP contribution in [0.1, 0.15) is 6.23 Å². The van der Waals surface area contributed by atoms with Crippen molar-refractivity contribution < 1.29 is 32.9 Å². The molecule has 12 heteroatoms. The SMILES string of the molecule is O=c1[nH]cnc2c1[nH]c[n+]2C1OC2COP(=O)([O-])OC2C1O. The zero-order chi connectivity index (χ0) is 15.5. The summed E-state index contributed by atoms with van der Waals surface area (Å²) < 4.78 is 27.7. The van der Waals surface area contributed by atoms with Gasteiger partial charge in [0.15, 0.2) is 12.7 Å². The zero-order valence-corrected chi connectivity index (χ0v) is 11.8. The number of phosphoric acid groups is 1. The van der Waals surface area contributed by atoms with E-state index in [-0.39, 0.29) is 23.3 Å². The first-order chi connectivity index (χ1) is 10.5. The third-order valence-corrected chi connectivity index (χ3v) is 4.62. The van der Waals surface area contributed by atoms with Gasteiger partial charge < -0.3 is 23.8 Å². The van der Waals surface area contributed by atoms with E-state index < -0.39 is 32.4 Å². The third-order valence-electron chi connectivity index (χ3n) is 3.66. The molecule has 2 saturated heterocycles. The molecule has 5 unspecified atom stereocenters. The Morgan fingerprint density at radius 2 is 2.32 bits per heavy atom. The van der Waals surface area contributed by atoms with E-state index in [9.17, 15) is 19.4 Å². The van der Waals surface area contributed by atoms with Crippen molar-refractivity contribution in [1.29, 1.82) is 0 Å². The third kappa shape index (κ3) is 2.02. The Kier molecular flexibility index (Phi) is 2.98. The van der Waals surface area contributed by atoms with Gasteiger partial charge in [-0.05, 0) is 0 Å². The Hall–Kier alpha value is -1.62. The molecule has 2 aromatic rings. The van der Waals surface area contributed by atoms with E-state index >= 15 is 0 Å². The van der Waals surface area contributed by atoms with Crippen LogP contribution in [0.2, 0.25) is 0 Å². The molecule has 0 radical (unpaired) electrons. The maximum absolute atomic E-state index is 11.7. The number of hydrogen-bond donors (Lipinski definition) is 3.